The Morgan fingerprint density at radius 2 is 2.29 bits per heavy atom. The summed E-state index contributed by atoms with van der Waals surface area (Å²) in [6, 6.07) is 1.64. The normalized spacial score (nSPS) is 9.86. The molecule has 1 aromatic heterocycles. The Labute approximate surface area is 80.5 Å². The Morgan fingerprint density at radius 1 is 1.64 bits per heavy atom. The summed E-state index contributed by atoms with van der Waals surface area (Å²) in [4.78, 5) is 21.1. The van der Waals surface area contributed by atoms with E-state index < -0.39 is 11.9 Å². The molecule has 1 aromatic rings. The van der Waals surface area contributed by atoms with E-state index in [-0.39, 0.29) is 0 Å². The number of aromatic nitrogens is 2. The maximum absolute atomic E-state index is 10.8. The van der Waals surface area contributed by atoms with E-state index >= 15 is 0 Å². The number of carboxylic acids is 1. The molecule has 0 spiro atoms. The number of aryl methyl sites for hydroxylation is 2. The van der Waals surface area contributed by atoms with E-state index in [0.717, 1.165) is 12.1 Å². The highest BCUT2D eigenvalue weighted by Crippen LogP contribution is 2.08. The van der Waals surface area contributed by atoms with Crippen molar-refractivity contribution >= 4 is 17.7 Å². The zero-order chi connectivity index (χ0) is 10.7. The standard InChI is InChI=1S/C8H11N3O3/c1-3-5-4-6(11(2)10-5)9-7(12)8(13)14/h4H,3H2,1-2H3,(H,9,12)(H,13,14). The maximum Gasteiger partial charge on any atom is 0.394 e. The molecule has 0 aromatic carbocycles. The summed E-state index contributed by atoms with van der Waals surface area (Å²) in [5.41, 5.74) is 0.799. The number of anilines is 1. The van der Waals surface area contributed by atoms with Gasteiger partial charge in [0, 0.05) is 13.1 Å². The molecule has 6 nitrogen and oxygen atoms in total. The van der Waals surface area contributed by atoms with Gasteiger partial charge in [-0.25, -0.2) is 4.79 Å². The second kappa shape index (κ2) is 3.91. The molecule has 0 atom stereocenters. The van der Waals surface area contributed by atoms with Gasteiger partial charge in [0.1, 0.15) is 5.82 Å². The van der Waals surface area contributed by atoms with Gasteiger partial charge in [-0.2, -0.15) is 5.10 Å². The smallest absolute Gasteiger partial charge is 0.394 e. The summed E-state index contributed by atoms with van der Waals surface area (Å²) in [5.74, 6) is -2.19. The van der Waals surface area contributed by atoms with Crippen molar-refractivity contribution in [1.29, 1.82) is 0 Å². The molecule has 0 fully saturated rings. The summed E-state index contributed by atoms with van der Waals surface area (Å²) in [6.07, 6.45) is 0.733. The first-order chi connectivity index (χ1) is 6.54. The molecule has 1 amide bonds. The van der Waals surface area contributed by atoms with Crippen LogP contribution in [-0.4, -0.2) is 26.8 Å². The molecule has 0 saturated carbocycles. The first kappa shape index (κ1) is 10.2. The maximum atomic E-state index is 10.8. The lowest BCUT2D eigenvalue weighted by Gasteiger charge is -2.00. The molecule has 0 aliphatic heterocycles. The number of hydrogen-bond acceptors (Lipinski definition) is 3. The summed E-state index contributed by atoms with van der Waals surface area (Å²) < 4.78 is 1.43. The van der Waals surface area contributed by atoms with Gasteiger partial charge in [0.25, 0.3) is 0 Å². The third-order valence-electron chi connectivity index (χ3n) is 1.73. The second-order valence-corrected chi connectivity index (χ2v) is 2.76. The second-order valence-electron chi connectivity index (χ2n) is 2.76. The van der Waals surface area contributed by atoms with Gasteiger partial charge in [-0.05, 0) is 6.42 Å². The van der Waals surface area contributed by atoms with Gasteiger partial charge >= 0.3 is 11.9 Å². The molecule has 0 radical (unpaired) electrons. The molecule has 2 N–H and O–H groups in total. The van der Waals surface area contributed by atoms with Crippen LogP contribution in [0.5, 0.6) is 0 Å². The molecule has 0 aliphatic rings. The lowest BCUT2D eigenvalue weighted by molar-refractivity contribution is -0.147. The number of nitrogens with zero attached hydrogens (tertiary/aromatic N) is 2. The van der Waals surface area contributed by atoms with Crippen LogP contribution in [0.15, 0.2) is 6.07 Å². The summed E-state index contributed by atoms with van der Waals surface area (Å²) in [7, 11) is 1.64. The highest BCUT2D eigenvalue weighted by Gasteiger charge is 2.13. The number of carbonyl (C=O) groups is 2. The molecule has 76 valence electrons. The average Bonchev–Trinajstić information content (AvgIpc) is 2.47. The van der Waals surface area contributed by atoms with Crippen molar-refractivity contribution in [1.82, 2.24) is 9.78 Å². The number of nitrogens with one attached hydrogen (secondary N) is 1. The highest BCUT2D eigenvalue weighted by molar-refractivity contribution is 6.36. The van der Waals surface area contributed by atoms with E-state index in [1.165, 1.54) is 4.68 Å². The lowest BCUT2D eigenvalue weighted by Crippen LogP contribution is -2.23. The van der Waals surface area contributed by atoms with Gasteiger partial charge in [-0.3, -0.25) is 9.48 Å². The van der Waals surface area contributed by atoms with Crippen LogP contribution in [0.1, 0.15) is 12.6 Å². The molecule has 1 rings (SSSR count). The molecule has 0 unspecified atom stereocenters. The first-order valence-electron chi connectivity index (χ1n) is 4.11. The monoisotopic (exact) mass is 197 g/mol. The van der Waals surface area contributed by atoms with E-state index in [0.29, 0.717) is 5.82 Å². The minimum absolute atomic E-state index is 0.384. The number of amides is 1. The third kappa shape index (κ3) is 2.09. The summed E-state index contributed by atoms with van der Waals surface area (Å²) in [5, 5.41) is 14.6. The van der Waals surface area contributed by atoms with Crippen LogP contribution in [0.2, 0.25) is 0 Å². The van der Waals surface area contributed by atoms with E-state index in [1.807, 2.05) is 6.92 Å². The van der Waals surface area contributed by atoms with E-state index in [2.05, 4.69) is 10.4 Å². The summed E-state index contributed by atoms with van der Waals surface area (Å²) in [6.45, 7) is 1.92. The topological polar surface area (TPSA) is 84.2 Å². The predicted molar refractivity (Wildman–Crippen MR) is 48.9 cm³/mol. The van der Waals surface area contributed by atoms with E-state index in [4.69, 9.17) is 5.11 Å². The third-order valence-corrected chi connectivity index (χ3v) is 1.73. The van der Waals surface area contributed by atoms with Crippen LogP contribution >= 0.6 is 0 Å². The molecule has 1 heterocycles. The van der Waals surface area contributed by atoms with Crippen LogP contribution in [-0.2, 0) is 23.1 Å². The SMILES string of the molecule is CCc1cc(NC(=O)C(=O)O)n(C)n1. The molecule has 14 heavy (non-hydrogen) atoms. The fraction of sp³-hybridized carbons (Fsp3) is 0.375. The summed E-state index contributed by atoms with van der Waals surface area (Å²) >= 11 is 0. The quantitative estimate of drug-likeness (QED) is 0.654. The number of aliphatic carboxylic acids is 1. The molecule has 0 aliphatic carbocycles. The Bertz CT molecular complexity index is 370. The molecule has 0 bridgehead atoms. The Kier molecular flexibility index (Phi) is 2.85. The van der Waals surface area contributed by atoms with Crippen LogP contribution in [0.4, 0.5) is 5.82 Å². The minimum Gasteiger partial charge on any atom is -0.474 e. The fourth-order valence-electron chi connectivity index (χ4n) is 0.986. The van der Waals surface area contributed by atoms with Crippen LogP contribution in [0.25, 0.3) is 0 Å². The van der Waals surface area contributed by atoms with Crippen molar-refractivity contribution < 1.29 is 14.7 Å². The minimum atomic E-state index is -1.51. The Balaban J connectivity index is 2.81. The average molecular weight is 197 g/mol. The van der Waals surface area contributed by atoms with Crippen molar-refractivity contribution in [2.45, 2.75) is 13.3 Å². The van der Waals surface area contributed by atoms with E-state index in [1.54, 1.807) is 13.1 Å². The molecule has 6 heteroatoms. The van der Waals surface area contributed by atoms with Crippen LogP contribution in [0, 0.1) is 0 Å². The van der Waals surface area contributed by atoms with Crippen molar-refractivity contribution in [3.8, 4) is 0 Å². The van der Waals surface area contributed by atoms with Crippen molar-refractivity contribution in [2.75, 3.05) is 5.32 Å². The van der Waals surface area contributed by atoms with Gasteiger partial charge in [0.05, 0.1) is 5.69 Å². The number of hydrogen-bond donors (Lipinski definition) is 2. The van der Waals surface area contributed by atoms with Gasteiger partial charge in [-0.1, -0.05) is 6.92 Å². The number of carbonyl (C=O) groups excluding carboxylic acids is 1. The number of rotatable bonds is 2. The zero-order valence-electron chi connectivity index (χ0n) is 7.94. The van der Waals surface area contributed by atoms with Crippen molar-refractivity contribution in [2.24, 2.45) is 7.05 Å². The molecular weight excluding hydrogens is 186 g/mol. The largest absolute Gasteiger partial charge is 0.474 e. The van der Waals surface area contributed by atoms with Crippen LogP contribution < -0.4 is 5.32 Å². The van der Waals surface area contributed by atoms with Crippen molar-refractivity contribution in [3.05, 3.63) is 11.8 Å². The number of carboxylic acid groups (broad SMARTS) is 1. The van der Waals surface area contributed by atoms with E-state index in [9.17, 15) is 9.59 Å². The van der Waals surface area contributed by atoms with Gasteiger partial charge < -0.3 is 10.4 Å². The molecular formula is C8H11N3O3. The van der Waals surface area contributed by atoms with Gasteiger partial charge in [0.2, 0.25) is 0 Å². The Hall–Kier alpha value is -1.85. The zero-order valence-corrected chi connectivity index (χ0v) is 7.94. The first-order valence-corrected chi connectivity index (χ1v) is 4.11. The highest BCUT2D eigenvalue weighted by atomic mass is 16.4. The lowest BCUT2D eigenvalue weighted by atomic mass is 10.3. The van der Waals surface area contributed by atoms with Crippen LogP contribution in [0.3, 0.4) is 0 Å². The fourth-order valence-corrected chi connectivity index (χ4v) is 0.986. The molecule has 0 saturated heterocycles. The predicted octanol–water partition coefficient (Wildman–Crippen LogP) is 0.00560. The van der Waals surface area contributed by atoms with Gasteiger partial charge in [-0.15, -0.1) is 0 Å². The Morgan fingerprint density at radius 3 is 2.71 bits per heavy atom. The van der Waals surface area contributed by atoms with Crippen molar-refractivity contribution in [3.63, 3.8) is 0 Å². The van der Waals surface area contributed by atoms with Gasteiger partial charge in [0.15, 0.2) is 0 Å².